The van der Waals surface area contributed by atoms with Gasteiger partial charge in [0.05, 0.1) is 6.10 Å². The van der Waals surface area contributed by atoms with Gasteiger partial charge in [0.25, 0.3) is 0 Å². The average Bonchev–Trinajstić information content (AvgIpc) is 2.57. The maximum Gasteiger partial charge on any atom is 0.124 e. The molecule has 1 aliphatic rings. The van der Waals surface area contributed by atoms with Crippen LogP contribution in [0, 0.1) is 11.7 Å². The summed E-state index contributed by atoms with van der Waals surface area (Å²) in [6.07, 6.45) is 0.476. The smallest absolute Gasteiger partial charge is 0.124 e. The summed E-state index contributed by atoms with van der Waals surface area (Å²) in [6, 6.07) is 4.44. The van der Waals surface area contributed by atoms with Crippen LogP contribution in [0.2, 0.25) is 5.02 Å². The SMILES string of the molecule is OC1CSCC1Cc1ccc(F)cc1Cl. The van der Waals surface area contributed by atoms with Crippen molar-refractivity contribution in [2.45, 2.75) is 12.5 Å². The van der Waals surface area contributed by atoms with E-state index in [4.69, 9.17) is 11.6 Å². The molecule has 0 aromatic heterocycles. The molecule has 1 fully saturated rings. The number of hydrogen-bond donors (Lipinski definition) is 1. The minimum atomic E-state index is -0.315. The van der Waals surface area contributed by atoms with E-state index >= 15 is 0 Å². The molecule has 1 N–H and O–H groups in total. The first-order valence-electron chi connectivity index (χ1n) is 4.86. The van der Waals surface area contributed by atoms with Crippen molar-refractivity contribution in [3.05, 3.63) is 34.6 Å². The second kappa shape index (κ2) is 4.73. The van der Waals surface area contributed by atoms with Crippen molar-refractivity contribution in [3.63, 3.8) is 0 Å². The Morgan fingerprint density at radius 1 is 1.47 bits per heavy atom. The fourth-order valence-electron chi connectivity index (χ4n) is 1.75. The van der Waals surface area contributed by atoms with Crippen molar-refractivity contribution >= 4 is 23.4 Å². The summed E-state index contributed by atoms with van der Waals surface area (Å²) in [5.74, 6) is 1.68. The van der Waals surface area contributed by atoms with Crippen LogP contribution in [0.25, 0.3) is 0 Å². The molecule has 1 nitrogen and oxygen atoms in total. The summed E-state index contributed by atoms with van der Waals surface area (Å²) in [5.41, 5.74) is 0.921. The largest absolute Gasteiger partial charge is 0.392 e. The second-order valence-corrected chi connectivity index (χ2v) is 5.29. The van der Waals surface area contributed by atoms with Gasteiger partial charge in [0.15, 0.2) is 0 Å². The van der Waals surface area contributed by atoms with E-state index < -0.39 is 0 Å². The molecule has 0 bridgehead atoms. The molecule has 2 rings (SSSR count). The van der Waals surface area contributed by atoms with E-state index in [-0.39, 0.29) is 17.8 Å². The minimum absolute atomic E-state index is 0.248. The van der Waals surface area contributed by atoms with Crippen LogP contribution in [0.3, 0.4) is 0 Å². The molecular formula is C11H12ClFOS. The zero-order valence-electron chi connectivity index (χ0n) is 8.12. The molecule has 0 saturated carbocycles. The van der Waals surface area contributed by atoms with Crippen molar-refractivity contribution in [3.8, 4) is 0 Å². The monoisotopic (exact) mass is 246 g/mol. The molecule has 0 radical (unpaired) electrons. The third-order valence-corrected chi connectivity index (χ3v) is 4.25. The lowest BCUT2D eigenvalue weighted by Crippen LogP contribution is -2.20. The Balaban J connectivity index is 2.10. The first-order chi connectivity index (χ1) is 7.16. The van der Waals surface area contributed by atoms with Crippen molar-refractivity contribution in [1.82, 2.24) is 0 Å². The van der Waals surface area contributed by atoms with Crippen LogP contribution < -0.4 is 0 Å². The lowest BCUT2D eigenvalue weighted by atomic mass is 9.97. The number of rotatable bonds is 2. The highest BCUT2D eigenvalue weighted by Crippen LogP contribution is 2.29. The van der Waals surface area contributed by atoms with E-state index in [2.05, 4.69) is 0 Å². The van der Waals surface area contributed by atoms with Gasteiger partial charge in [-0.25, -0.2) is 4.39 Å². The molecule has 2 unspecified atom stereocenters. The fourth-order valence-corrected chi connectivity index (χ4v) is 3.29. The average molecular weight is 247 g/mol. The highest BCUT2D eigenvalue weighted by atomic mass is 35.5. The maximum absolute atomic E-state index is 12.8. The van der Waals surface area contributed by atoms with Crippen molar-refractivity contribution in [2.24, 2.45) is 5.92 Å². The lowest BCUT2D eigenvalue weighted by Gasteiger charge is -2.14. The van der Waals surface area contributed by atoms with E-state index in [1.165, 1.54) is 12.1 Å². The number of aliphatic hydroxyl groups is 1. The molecule has 2 atom stereocenters. The molecule has 0 spiro atoms. The Kier molecular flexibility index (Phi) is 3.54. The van der Waals surface area contributed by atoms with Gasteiger partial charge in [-0.3, -0.25) is 0 Å². The number of aliphatic hydroxyl groups excluding tert-OH is 1. The number of hydrogen-bond acceptors (Lipinski definition) is 2. The summed E-state index contributed by atoms with van der Waals surface area (Å²) in [4.78, 5) is 0. The van der Waals surface area contributed by atoms with Crippen molar-refractivity contribution in [1.29, 1.82) is 0 Å². The van der Waals surface area contributed by atoms with Crippen LogP contribution in [0.5, 0.6) is 0 Å². The van der Waals surface area contributed by atoms with Gasteiger partial charge >= 0.3 is 0 Å². The molecule has 4 heteroatoms. The summed E-state index contributed by atoms with van der Waals surface area (Å²) in [5, 5.41) is 10.1. The number of benzene rings is 1. The summed E-state index contributed by atoms with van der Waals surface area (Å²) < 4.78 is 12.8. The summed E-state index contributed by atoms with van der Waals surface area (Å²) in [6.45, 7) is 0. The van der Waals surface area contributed by atoms with Crippen LogP contribution in [-0.2, 0) is 6.42 Å². The molecule has 1 heterocycles. The fraction of sp³-hybridized carbons (Fsp3) is 0.455. The molecule has 1 aliphatic heterocycles. The Bertz CT molecular complexity index is 358. The first kappa shape index (κ1) is 11.2. The quantitative estimate of drug-likeness (QED) is 0.866. The normalized spacial score (nSPS) is 25.8. The third kappa shape index (κ3) is 2.65. The first-order valence-corrected chi connectivity index (χ1v) is 6.40. The second-order valence-electron chi connectivity index (χ2n) is 3.80. The van der Waals surface area contributed by atoms with Gasteiger partial charge in [-0.2, -0.15) is 11.8 Å². The molecule has 0 amide bonds. The van der Waals surface area contributed by atoms with Gasteiger partial charge in [0, 0.05) is 10.8 Å². The van der Waals surface area contributed by atoms with Gasteiger partial charge in [0.1, 0.15) is 5.82 Å². The molecule has 1 aromatic carbocycles. The predicted octanol–water partition coefficient (Wildman–Crippen LogP) is 2.75. The molecule has 82 valence electrons. The zero-order valence-corrected chi connectivity index (χ0v) is 9.69. The van der Waals surface area contributed by atoms with E-state index in [0.29, 0.717) is 5.02 Å². The van der Waals surface area contributed by atoms with Crippen LogP contribution >= 0.6 is 23.4 Å². The molecule has 1 saturated heterocycles. The Labute approximate surface area is 97.6 Å². The Morgan fingerprint density at radius 2 is 2.27 bits per heavy atom. The van der Waals surface area contributed by atoms with Crippen LogP contribution in [-0.4, -0.2) is 22.7 Å². The summed E-state index contributed by atoms with van der Waals surface area (Å²) >= 11 is 7.68. The van der Waals surface area contributed by atoms with Crippen LogP contribution in [0.4, 0.5) is 4.39 Å². The van der Waals surface area contributed by atoms with E-state index in [9.17, 15) is 9.50 Å². The highest BCUT2D eigenvalue weighted by Gasteiger charge is 2.26. The lowest BCUT2D eigenvalue weighted by molar-refractivity contribution is 0.150. The van der Waals surface area contributed by atoms with Crippen LogP contribution in [0.1, 0.15) is 5.56 Å². The Hall–Kier alpha value is -0.250. The topological polar surface area (TPSA) is 20.2 Å². The van der Waals surface area contributed by atoms with Gasteiger partial charge in [-0.15, -0.1) is 0 Å². The highest BCUT2D eigenvalue weighted by molar-refractivity contribution is 7.99. The van der Waals surface area contributed by atoms with Crippen molar-refractivity contribution in [2.75, 3.05) is 11.5 Å². The van der Waals surface area contributed by atoms with Crippen LogP contribution in [0.15, 0.2) is 18.2 Å². The number of thioether (sulfide) groups is 1. The molecule has 0 aliphatic carbocycles. The van der Waals surface area contributed by atoms with Gasteiger partial charge in [-0.05, 0) is 35.8 Å². The zero-order chi connectivity index (χ0) is 10.8. The molecular weight excluding hydrogens is 235 g/mol. The number of halogens is 2. The standard InChI is InChI=1S/C11H12ClFOS/c12-10-4-9(13)2-1-7(10)3-8-5-15-6-11(8)14/h1-2,4,8,11,14H,3,5-6H2. The van der Waals surface area contributed by atoms with Gasteiger partial charge in [0.2, 0.25) is 0 Å². The predicted molar refractivity (Wildman–Crippen MR) is 61.9 cm³/mol. The summed E-state index contributed by atoms with van der Waals surface area (Å²) in [7, 11) is 0. The van der Waals surface area contributed by atoms with Crippen molar-refractivity contribution < 1.29 is 9.50 Å². The van der Waals surface area contributed by atoms with Gasteiger partial charge < -0.3 is 5.11 Å². The molecule has 15 heavy (non-hydrogen) atoms. The maximum atomic E-state index is 12.8. The van der Waals surface area contributed by atoms with Gasteiger partial charge in [-0.1, -0.05) is 17.7 Å². The van der Waals surface area contributed by atoms with E-state index in [1.54, 1.807) is 17.8 Å². The van der Waals surface area contributed by atoms with E-state index in [0.717, 1.165) is 23.5 Å². The van der Waals surface area contributed by atoms with E-state index in [1.807, 2.05) is 0 Å². The third-order valence-electron chi connectivity index (χ3n) is 2.66. The Morgan fingerprint density at radius 3 is 2.87 bits per heavy atom. The molecule has 1 aromatic rings. The minimum Gasteiger partial charge on any atom is -0.392 e.